The number of halogens is 2. The lowest BCUT2D eigenvalue weighted by Crippen LogP contribution is -2.34. The van der Waals surface area contributed by atoms with Crippen molar-refractivity contribution in [2.24, 2.45) is 0 Å². The number of hydrogen-bond donors (Lipinski definition) is 2. The van der Waals surface area contributed by atoms with Gasteiger partial charge in [-0.15, -0.1) is 11.3 Å². The number of thiophene rings is 1. The zero-order chi connectivity index (χ0) is 15.6. The van der Waals surface area contributed by atoms with Crippen LogP contribution in [-0.2, 0) is 6.42 Å². The summed E-state index contributed by atoms with van der Waals surface area (Å²) in [5.41, 5.74) is 5.81. The molecular formula is C15H16BrFN2OS. The van der Waals surface area contributed by atoms with E-state index in [0.29, 0.717) is 10.0 Å². The van der Waals surface area contributed by atoms with Gasteiger partial charge in [-0.2, -0.15) is 0 Å². The highest BCUT2D eigenvalue weighted by Crippen LogP contribution is 2.23. The molecule has 21 heavy (non-hydrogen) atoms. The first kappa shape index (κ1) is 16.0. The van der Waals surface area contributed by atoms with E-state index >= 15 is 0 Å². The van der Waals surface area contributed by atoms with Crippen LogP contribution in [0.5, 0.6) is 0 Å². The molecule has 0 bridgehead atoms. The third kappa shape index (κ3) is 4.04. The number of nitrogen functional groups attached to an aromatic ring is 1. The molecule has 2 aromatic rings. The van der Waals surface area contributed by atoms with Crippen molar-refractivity contribution in [1.82, 2.24) is 5.32 Å². The third-order valence-corrected chi connectivity index (χ3v) is 4.69. The molecule has 1 amide bonds. The Labute approximate surface area is 135 Å². The van der Waals surface area contributed by atoms with E-state index in [4.69, 9.17) is 5.73 Å². The van der Waals surface area contributed by atoms with Crippen molar-refractivity contribution >= 4 is 38.9 Å². The Morgan fingerprint density at radius 2 is 2.19 bits per heavy atom. The van der Waals surface area contributed by atoms with Gasteiger partial charge in [-0.05, 0) is 54.0 Å². The van der Waals surface area contributed by atoms with Crippen molar-refractivity contribution in [3.8, 4) is 0 Å². The fourth-order valence-corrected chi connectivity index (χ4v) is 3.50. The number of benzene rings is 1. The Morgan fingerprint density at radius 1 is 1.48 bits per heavy atom. The van der Waals surface area contributed by atoms with Crippen molar-refractivity contribution in [3.63, 3.8) is 0 Å². The minimum atomic E-state index is -0.541. The lowest BCUT2D eigenvalue weighted by molar-refractivity contribution is 0.0939. The molecule has 0 radical (unpaired) electrons. The molecule has 1 unspecified atom stereocenters. The van der Waals surface area contributed by atoms with Gasteiger partial charge in [-0.3, -0.25) is 4.79 Å². The van der Waals surface area contributed by atoms with Crippen molar-refractivity contribution in [2.75, 3.05) is 5.73 Å². The SMILES string of the molecule is Cc1ccc(CC(C)NC(=O)c2cc(N)c(F)cc2Br)s1. The molecule has 0 saturated carbocycles. The second kappa shape index (κ2) is 6.58. The van der Waals surface area contributed by atoms with E-state index in [0.717, 1.165) is 6.42 Å². The Balaban J connectivity index is 2.05. The molecule has 0 aliphatic carbocycles. The summed E-state index contributed by atoms with van der Waals surface area (Å²) in [7, 11) is 0. The maximum atomic E-state index is 13.3. The quantitative estimate of drug-likeness (QED) is 0.801. The lowest BCUT2D eigenvalue weighted by atomic mass is 10.1. The highest BCUT2D eigenvalue weighted by atomic mass is 79.9. The number of amides is 1. The number of hydrogen-bond acceptors (Lipinski definition) is 3. The zero-order valence-electron chi connectivity index (χ0n) is 11.7. The molecule has 6 heteroatoms. The first-order chi connectivity index (χ1) is 9.86. The van der Waals surface area contributed by atoms with Crippen molar-refractivity contribution < 1.29 is 9.18 Å². The van der Waals surface area contributed by atoms with Crippen LogP contribution in [0, 0.1) is 12.7 Å². The van der Waals surface area contributed by atoms with Gasteiger partial charge in [0.1, 0.15) is 5.82 Å². The first-order valence-corrected chi connectivity index (χ1v) is 8.08. The van der Waals surface area contributed by atoms with E-state index in [9.17, 15) is 9.18 Å². The van der Waals surface area contributed by atoms with E-state index < -0.39 is 5.82 Å². The third-order valence-electron chi connectivity index (χ3n) is 3.01. The molecule has 0 aliphatic rings. The zero-order valence-corrected chi connectivity index (χ0v) is 14.1. The smallest absolute Gasteiger partial charge is 0.252 e. The van der Waals surface area contributed by atoms with Crippen molar-refractivity contribution in [1.29, 1.82) is 0 Å². The fourth-order valence-electron chi connectivity index (χ4n) is 1.99. The van der Waals surface area contributed by atoms with Gasteiger partial charge in [0.2, 0.25) is 0 Å². The molecule has 1 aromatic carbocycles. The van der Waals surface area contributed by atoms with E-state index in [2.05, 4.69) is 40.3 Å². The number of rotatable bonds is 4. The van der Waals surface area contributed by atoms with Crippen LogP contribution in [0.1, 0.15) is 27.0 Å². The van der Waals surface area contributed by atoms with Crippen LogP contribution >= 0.6 is 27.3 Å². The summed E-state index contributed by atoms with van der Waals surface area (Å²) in [6.45, 7) is 3.99. The topological polar surface area (TPSA) is 55.1 Å². The number of carbonyl (C=O) groups excluding carboxylic acids is 1. The van der Waals surface area contributed by atoms with Crippen LogP contribution in [-0.4, -0.2) is 11.9 Å². The van der Waals surface area contributed by atoms with Crippen LogP contribution in [0.25, 0.3) is 0 Å². The number of nitrogens with two attached hydrogens (primary N) is 1. The van der Waals surface area contributed by atoms with Crippen LogP contribution in [0.2, 0.25) is 0 Å². The Morgan fingerprint density at radius 3 is 2.81 bits per heavy atom. The molecule has 112 valence electrons. The molecule has 1 heterocycles. The predicted molar refractivity (Wildman–Crippen MR) is 88.2 cm³/mol. The van der Waals surface area contributed by atoms with Crippen LogP contribution in [0.15, 0.2) is 28.7 Å². The monoisotopic (exact) mass is 370 g/mol. The number of aryl methyl sites for hydroxylation is 1. The molecule has 0 fully saturated rings. The Kier molecular flexibility index (Phi) is 5.00. The lowest BCUT2D eigenvalue weighted by Gasteiger charge is -2.14. The van der Waals surface area contributed by atoms with E-state index in [1.807, 2.05) is 6.92 Å². The van der Waals surface area contributed by atoms with E-state index in [1.165, 1.54) is 21.9 Å². The van der Waals surface area contributed by atoms with Crippen LogP contribution in [0.3, 0.4) is 0 Å². The van der Waals surface area contributed by atoms with Gasteiger partial charge in [0.25, 0.3) is 5.91 Å². The fraction of sp³-hybridized carbons (Fsp3) is 0.267. The van der Waals surface area contributed by atoms with Crippen LogP contribution < -0.4 is 11.1 Å². The normalized spacial score (nSPS) is 12.2. The maximum absolute atomic E-state index is 13.3. The second-order valence-corrected chi connectivity index (χ2v) is 7.17. The highest BCUT2D eigenvalue weighted by molar-refractivity contribution is 9.10. The summed E-state index contributed by atoms with van der Waals surface area (Å²) >= 11 is 4.90. The molecule has 0 aliphatic heterocycles. The second-order valence-electron chi connectivity index (χ2n) is 4.94. The summed E-state index contributed by atoms with van der Waals surface area (Å²) in [4.78, 5) is 14.7. The highest BCUT2D eigenvalue weighted by Gasteiger charge is 2.16. The maximum Gasteiger partial charge on any atom is 0.252 e. The number of carbonyl (C=O) groups is 1. The molecule has 1 aromatic heterocycles. The Bertz CT molecular complexity index is 672. The number of nitrogens with one attached hydrogen (secondary N) is 1. The van der Waals surface area contributed by atoms with E-state index in [1.54, 1.807) is 11.3 Å². The summed E-state index contributed by atoms with van der Waals surface area (Å²) in [6.07, 6.45) is 0.762. The summed E-state index contributed by atoms with van der Waals surface area (Å²) in [5, 5.41) is 2.90. The van der Waals surface area contributed by atoms with Gasteiger partial charge in [-0.1, -0.05) is 0 Å². The number of anilines is 1. The molecule has 0 saturated heterocycles. The van der Waals surface area contributed by atoms with Gasteiger partial charge in [0.15, 0.2) is 0 Å². The van der Waals surface area contributed by atoms with Crippen molar-refractivity contribution in [3.05, 3.63) is 49.9 Å². The minimum Gasteiger partial charge on any atom is -0.396 e. The van der Waals surface area contributed by atoms with Gasteiger partial charge in [0, 0.05) is 26.7 Å². The van der Waals surface area contributed by atoms with Crippen LogP contribution in [0.4, 0.5) is 10.1 Å². The van der Waals surface area contributed by atoms with E-state index in [-0.39, 0.29) is 17.6 Å². The van der Waals surface area contributed by atoms with Gasteiger partial charge < -0.3 is 11.1 Å². The minimum absolute atomic E-state index is 0.0197. The average Bonchev–Trinajstić information content (AvgIpc) is 2.78. The molecule has 0 spiro atoms. The van der Waals surface area contributed by atoms with Gasteiger partial charge >= 0.3 is 0 Å². The summed E-state index contributed by atoms with van der Waals surface area (Å²) < 4.78 is 13.7. The first-order valence-electron chi connectivity index (χ1n) is 6.47. The van der Waals surface area contributed by atoms with Gasteiger partial charge in [-0.25, -0.2) is 4.39 Å². The summed E-state index contributed by atoms with van der Waals surface area (Å²) in [6, 6.07) is 6.66. The standard InChI is InChI=1S/C15H16BrFN2OS/c1-8(5-10-4-3-9(2)21-10)19-15(20)11-6-14(18)13(17)7-12(11)16/h3-4,6-8H,5,18H2,1-2H3,(H,19,20). The summed E-state index contributed by atoms with van der Waals surface area (Å²) in [5.74, 6) is -0.810. The molecule has 3 N–H and O–H groups in total. The van der Waals surface area contributed by atoms with Gasteiger partial charge in [0.05, 0.1) is 11.3 Å². The van der Waals surface area contributed by atoms with Crippen molar-refractivity contribution in [2.45, 2.75) is 26.3 Å². The average molecular weight is 371 g/mol. The predicted octanol–water partition coefficient (Wildman–Crippen LogP) is 3.90. The molecule has 3 nitrogen and oxygen atoms in total. The molecule has 1 atom stereocenters. The Hall–Kier alpha value is -1.40. The largest absolute Gasteiger partial charge is 0.396 e. The molecular weight excluding hydrogens is 355 g/mol. The molecule has 2 rings (SSSR count).